The van der Waals surface area contributed by atoms with Crippen LogP contribution in [0.2, 0.25) is 0 Å². The zero-order chi connectivity index (χ0) is 13.1. The number of nitrogens with one attached hydrogen (secondary N) is 2. The highest BCUT2D eigenvalue weighted by molar-refractivity contribution is 5.77. The van der Waals surface area contributed by atoms with Gasteiger partial charge in [-0.2, -0.15) is 0 Å². The predicted octanol–water partition coefficient (Wildman–Crippen LogP) is 0.559. The Balaban J connectivity index is 2.26. The first-order chi connectivity index (χ1) is 8.61. The van der Waals surface area contributed by atoms with Gasteiger partial charge in [-0.3, -0.25) is 14.2 Å². The Kier molecular flexibility index (Phi) is 3.45. The average molecular weight is 248 g/mol. The van der Waals surface area contributed by atoms with Crippen molar-refractivity contribution in [2.75, 3.05) is 6.54 Å². The summed E-state index contributed by atoms with van der Waals surface area (Å²) in [6, 6.07) is 1.74. The van der Waals surface area contributed by atoms with Crippen LogP contribution in [0.5, 0.6) is 0 Å². The second kappa shape index (κ2) is 5.03. The molecule has 6 nitrogen and oxygen atoms in total. The topological polar surface area (TPSA) is 79.8 Å². The summed E-state index contributed by atoms with van der Waals surface area (Å²) in [7, 11) is 0. The van der Waals surface area contributed by atoms with E-state index in [-0.39, 0.29) is 18.0 Å². The third-order valence-electron chi connectivity index (χ3n) is 2.64. The van der Waals surface area contributed by atoms with Crippen molar-refractivity contribution in [3.05, 3.63) is 28.4 Å². The molecule has 0 saturated carbocycles. The fourth-order valence-electron chi connectivity index (χ4n) is 1.76. The van der Waals surface area contributed by atoms with Crippen molar-refractivity contribution in [3.8, 4) is 0 Å². The third kappa shape index (κ3) is 2.42. The van der Waals surface area contributed by atoms with Crippen molar-refractivity contribution in [3.63, 3.8) is 0 Å². The number of fused-ring (bicyclic) bond motifs is 1. The molecule has 0 radical (unpaired) electrons. The zero-order valence-electron chi connectivity index (χ0n) is 10.5. The molecule has 0 saturated heterocycles. The van der Waals surface area contributed by atoms with Crippen LogP contribution in [0.15, 0.2) is 17.2 Å². The van der Waals surface area contributed by atoms with Gasteiger partial charge in [-0.15, -0.1) is 0 Å². The van der Waals surface area contributed by atoms with Crippen LogP contribution in [0.25, 0.3) is 11.0 Å². The number of H-pyrrole nitrogens is 1. The smallest absolute Gasteiger partial charge is 0.263 e. The van der Waals surface area contributed by atoms with Gasteiger partial charge in [-0.25, -0.2) is 4.98 Å². The lowest BCUT2D eigenvalue weighted by Crippen LogP contribution is -2.32. The van der Waals surface area contributed by atoms with Gasteiger partial charge in [0.25, 0.3) is 5.56 Å². The van der Waals surface area contributed by atoms with Crippen LogP contribution in [0.4, 0.5) is 0 Å². The van der Waals surface area contributed by atoms with Crippen LogP contribution in [0.3, 0.4) is 0 Å². The Morgan fingerprint density at radius 2 is 2.33 bits per heavy atom. The van der Waals surface area contributed by atoms with Gasteiger partial charge in [0.05, 0.1) is 5.39 Å². The molecule has 0 unspecified atom stereocenters. The minimum Gasteiger partial charge on any atom is -0.355 e. The van der Waals surface area contributed by atoms with Crippen molar-refractivity contribution in [1.29, 1.82) is 0 Å². The minimum atomic E-state index is -0.198. The van der Waals surface area contributed by atoms with Gasteiger partial charge in [0, 0.05) is 12.2 Å². The first-order valence-electron chi connectivity index (χ1n) is 5.93. The quantitative estimate of drug-likeness (QED) is 0.829. The van der Waals surface area contributed by atoms with Gasteiger partial charge in [0.15, 0.2) is 0 Å². The molecule has 2 heterocycles. The molecule has 1 amide bonds. The number of carbonyl (C=O) groups is 1. The third-order valence-corrected chi connectivity index (χ3v) is 2.64. The van der Waals surface area contributed by atoms with Crippen molar-refractivity contribution >= 4 is 16.9 Å². The van der Waals surface area contributed by atoms with E-state index >= 15 is 0 Å². The summed E-state index contributed by atoms with van der Waals surface area (Å²) in [5, 5.41) is 3.24. The minimum absolute atomic E-state index is 0.00595. The standard InChI is InChI=1S/C12H16N4O2/c1-3-4-13-10(17)6-16-7-14-11-9(12(16)18)5-8(2)15-11/h5,7,15H,3-4,6H2,1-2H3,(H,13,17). The molecule has 0 aliphatic heterocycles. The van der Waals surface area contributed by atoms with Crippen LogP contribution in [-0.4, -0.2) is 27.0 Å². The Morgan fingerprint density at radius 3 is 3.06 bits per heavy atom. The summed E-state index contributed by atoms with van der Waals surface area (Å²) in [6.07, 6.45) is 2.26. The van der Waals surface area contributed by atoms with E-state index in [4.69, 9.17) is 0 Å². The molecular formula is C12H16N4O2. The maximum absolute atomic E-state index is 12.1. The van der Waals surface area contributed by atoms with Gasteiger partial charge in [-0.05, 0) is 19.4 Å². The number of aromatic amines is 1. The monoisotopic (exact) mass is 248 g/mol. The molecule has 0 fully saturated rings. The van der Waals surface area contributed by atoms with Crippen molar-refractivity contribution in [1.82, 2.24) is 19.9 Å². The summed E-state index contributed by atoms with van der Waals surface area (Å²) in [5.74, 6) is -0.174. The first-order valence-corrected chi connectivity index (χ1v) is 5.93. The van der Waals surface area contributed by atoms with Gasteiger partial charge < -0.3 is 10.3 Å². The highest BCUT2D eigenvalue weighted by Crippen LogP contribution is 2.06. The molecule has 96 valence electrons. The van der Waals surface area contributed by atoms with E-state index < -0.39 is 0 Å². The number of aryl methyl sites for hydroxylation is 1. The number of hydrogen-bond donors (Lipinski definition) is 2. The van der Waals surface area contributed by atoms with Crippen molar-refractivity contribution in [2.45, 2.75) is 26.8 Å². The predicted molar refractivity (Wildman–Crippen MR) is 68.4 cm³/mol. The molecule has 0 bridgehead atoms. The van der Waals surface area contributed by atoms with E-state index in [1.54, 1.807) is 6.07 Å². The van der Waals surface area contributed by atoms with Gasteiger partial charge in [-0.1, -0.05) is 6.92 Å². The Morgan fingerprint density at radius 1 is 1.56 bits per heavy atom. The molecule has 2 rings (SSSR count). The molecular weight excluding hydrogens is 232 g/mol. The SMILES string of the molecule is CCCNC(=O)Cn1cnc2[nH]c(C)cc2c1=O. The second-order valence-electron chi connectivity index (χ2n) is 4.24. The Labute approximate surface area is 104 Å². The van der Waals surface area contributed by atoms with Crippen LogP contribution in [-0.2, 0) is 11.3 Å². The summed E-state index contributed by atoms with van der Waals surface area (Å²) >= 11 is 0. The van der Waals surface area contributed by atoms with E-state index in [1.165, 1.54) is 10.9 Å². The highest BCUT2D eigenvalue weighted by Gasteiger charge is 2.09. The van der Waals surface area contributed by atoms with E-state index in [9.17, 15) is 9.59 Å². The summed E-state index contributed by atoms with van der Waals surface area (Å²) in [5.41, 5.74) is 1.24. The van der Waals surface area contributed by atoms with Crippen LogP contribution < -0.4 is 10.9 Å². The fourth-order valence-corrected chi connectivity index (χ4v) is 1.76. The number of carbonyl (C=O) groups excluding carboxylic acids is 1. The van der Waals surface area contributed by atoms with Crippen LogP contribution in [0, 0.1) is 6.92 Å². The average Bonchev–Trinajstić information content (AvgIpc) is 2.72. The lowest BCUT2D eigenvalue weighted by molar-refractivity contribution is -0.121. The van der Waals surface area contributed by atoms with Gasteiger partial charge >= 0.3 is 0 Å². The van der Waals surface area contributed by atoms with Gasteiger partial charge in [0.2, 0.25) is 5.91 Å². The number of nitrogens with zero attached hydrogens (tertiary/aromatic N) is 2. The van der Waals surface area contributed by atoms with Crippen LogP contribution >= 0.6 is 0 Å². The first kappa shape index (κ1) is 12.3. The molecule has 0 aromatic carbocycles. The zero-order valence-corrected chi connectivity index (χ0v) is 10.5. The Hall–Kier alpha value is -2.11. The molecule has 2 N–H and O–H groups in total. The second-order valence-corrected chi connectivity index (χ2v) is 4.24. The molecule has 6 heteroatoms. The van der Waals surface area contributed by atoms with Crippen LogP contribution in [0.1, 0.15) is 19.0 Å². The lowest BCUT2D eigenvalue weighted by atomic mass is 10.3. The molecule has 0 atom stereocenters. The lowest BCUT2D eigenvalue weighted by Gasteiger charge is -2.05. The maximum atomic E-state index is 12.1. The number of hydrogen-bond acceptors (Lipinski definition) is 3. The van der Waals surface area contributed by atoms with Crippen molar-refractivity contribution < 1.29 is 4.79 Å². The molecule has 2 aromatic heterocycles. The summed E-state index contributed by atoms with van der Waals surface area (Å²) in [6.45, 7) is 4.46. The number of rotatable bonds is 4. The summed E-state index contributed by atoms with van der Waals surface area (Å²) < 4.78 is 1.32. The largest absolute Gasteiger partial charge is 0.355 e. The van der Waals surface area contributed by atoms with Gasteiger partial charge in [0.1, 0.15) is 18.5 Å². The molecule has 0 spiro atoms. The molecule has 0 aliphatic carbocycles. The number of aromatic nitrogens is 3. The fraction of sp³-hybridized carbons (Fsp3) is 0.417. The maximum Gasteiger partial charge on any atom is 0.263 e. The molecule has 18 heavy (non-hydrogen) atoms. The highest BCUT2D eigenvalue weighted by atomic mass is 16.2. The van der Waals surface area contributed by atoms with E-state index in [1.807, 2.05) is 13.8 Å². The van der Waals surface area contributed by atoms with E-state index in [0.717, 1.165) is 12.1 Å². The Bertz CT molecular complexity index is 627. The number of amides is 1. The van der Waals surface area contributed by atoms with E-state index in [0.29, 0.717) is 17.6 Å². The summed E-state index contributed by atoms with van der Waals surface area (Å²) in [4.78, 5) is 30.7. The van der Waals surface area contributed by atoms with Crippen molar-refractivity contribution in [2.24, 2.45) is 0 Å². The molecule has 2 aromatic rings. The normalized spacial score (nSPS) is 10.8. The van der Waals surface area contributed by atoms with E-state index in [2.05, 4.69) is 15.3 Å². The molecule has 0 aliphatic rings.